The highest BCUT2D eigenvalue weighted by Gasteiger charge is 2.51. The summed E-state index contributed by atoms with van der Waals surface area (Å²) >= 11 is 5.83. The van der Waals surface area contributed by atoms with Crippen LogP contribution in [0.3, 0.4) is 0 Å². The number of hydrogen-bond donors (Lipinski definition) is 2. The Morgan fingerprint density at radius 2 is 2.07 bits per heavy atom. The van der Waals surface area contributed by atoms with Crippen LogP contribution in [-0.2, 0) is 0 Å². The first-order valence-corrected chi connectivity index (χ1v) is 9.77. The number of nitrogens with one attached hydrogen (secondary N) is 2. The van der Waals surface area contributed by atoms with Crippen molar-refractivity contribution in [1.82, 2.24) is 15.3 Å². The van der Waals surface area contributed by atoms with E-state index < -0.39 is 10.7 Å². The van der Waals surface area contributed by atoms with E-state index in [1.165, 1.54) is 24.5 Å². The maximum atomic E-state index is 14.3. The highest BCUT2D eigenvalue weighted by atomic mass is 35.5. The molecule has 1 saturated heterocycles. The van der Waals surface area contributed by atoms with Crippen LogP contribution in [0.5, 0.6) is 0 Å². The summed E-state index contributed by atoms with van der Waals surface area (Å²) in [6, 6.07) is 7.48. The van der Waals surface area contributed by atoms with Gasteiger partial charge in [-0.3, -0.25) is 10.1 Å². The number of anilines is 2. The Bertz CT molecular complexity index is 1250. The van der Waals surface area contributed by atoms with Crippen molar-refractivity contribution in [2.24, 2.45) is 17.8 Å². The lowest BCUT2D eigenvalue weighted by atomic mass is 10.1. The predicted molar refractivity (Wildman–Crippen MR) is 111 cm³/mol. The molecule has 2 aliphatic rings. The summed E-state index contributed by atoms with van der Waals surface area (Å²) in [6.45, 7) is 1.90. The largest absolute Gasteiger partial charge is 0.337 e. The summed E-state index contributed by atoms with van der Waals surface area (Å²) in [5.74, 6) is 7.16. The Kier molecular flexibility index (Phi) is 4.50. The Balaban J connectivity index is 1.55. The van der Waals surface area contributed by atoms with Gasteiger partial charge in [-0.25, -0.2) is 14.4 Å². The maximum Gasteiger partial charge on any atom is 0.285 e. The van der Waals surface area contributed by atoms with E-state index in [1.54, 1.807) is 12.1 Å². The standard InChI is InChI=1S/C21H15ClFN5O2/c22-16-2-1-3-17(20(16)23)27-21-13-7-19(28(29)30)11(6-18(13)25-10-26-21)4-5-12-14-8-24-9-15(12)14/h1-3,6-7,10,12,14-15,24H,8-9H2,(H,25,26,27)/t12?,14-,15?/m0/s1. The highest BCUT2D eigenvalue weighted by Crippen LogP contribution is 2.48. The minimum atomic E-state index is -0.632. The molecule has 1 aliphatic carbocycles. The summed E-state index contributed by atoms with van der Waals surface area (Å²) in [6.07, 6.45) is 1.31. The second kappa shape index (κ2) is 7.20. The number of nitro groups is 1. The van der Waals surface area contributed by atoms with Gasteiger partial charge in [-0.1, -0.05) is 29.5 Å². The van der Waals surface area contributed by atoms with Gasteiger partial charge >= 0.3 is 0 Å². The van der Waals surface area contributed by atoms with E-state index in [-0.39, 0.29) is 28.1 Å². The molecule has 2 fully saturated rings. The molecule has 5 rings (SSSR count). The van der Waals surface area contributed by atoms with Crippen LogP contribution in [0, 0.1) is 45.5 Å². The summed E-state index contributed by atoms with van der Waals surface area (Å²) in [7, 11) is 0. The average Bonchev–Trinajstić information content (AvgIpc) is 3.15. The summed E-state index contributed by atoms with van der Waals surface area (Å²) in [5.41, 5.74) is 0.762. The van der Waals surface area contributed by atoms with Crippen molar-refractivity contribution < 1.29 is 9.31 Å². The molecule has 1 aliphatic heterocycles. The zero-order chi connectivity index (χ0) is 20.8. The molecule has 2 heterocycles. The molecule has 3 aromatic rings. The Morgan fingerprint density at radius 1 is 1.27 bits per heavy atom. The number of rotatable bonds is 3. The van der Waals surface area contributed by atoms with Gasteiger partial charge in [-0.15, -0.1) is 0 Å². The van der Waals surface area contributed by atoms with Gasteiger partial charge in [0.1, 0.15) is 17.7 Å². The lowest BCUT2D eigenvalue weighted by Crippen LogP contribution is -2.13. The quantitative estimate of drug-likeness (QED) is 0.377. The van der Waals surface area contributed by atoms with Crippen molar-refractivity contribution in [3.8, 4) is 11.8 Å². The van der Waals surface area contributed by atoms with Crippen LogP contribution >= 0.6 is 11.6 Å². The van der Waals surface area contributed by atoms with E-state index in [1.807, 2.05) is 0 Å². The van der Waals surface area contributed by atoms with Crippen LogP contribution in [0.25, 0.3) is 10.9 Å². The van der Waals surface area contributed by atoms with E-state index in [2.05, 4.69) is 32.4 Å². The average molecular weight is 424 g/mol. The number of halogens is 2. The zero-order valence-corrected chi connectivity index (χ0v) is 16.3. The number of hydrogen-bond acceptors (Lipinski definition) is 6. The van der Waals surface area contributed by atoms with E-state index in [9.17, 15) is 14.5 Å². The third-order valence-electron chi connectivity index (χ3n) is 5.62. The van der Waals surface area contributed by atoms with Gasteiger partial charge in [-0.2, -0.15) is 0 Å². The van der Waals surface area contributed by atoms with E-state index in [0.717, 1.165) is 13.1 Å². The monoisotopic (exact) mass is 423 g/mol. The van der Waals surface area contributed by atoms with Gasteiger partial charge in [0, 0.05) is 17.4 Å². The predicted octanol–water partition coefficient (Wildman–Crippen LogP) is 3.89. The first-order valence-electron chi connectivity index (χ1n) is 9.39. The fraction of sp³-hybridized carbons (Fsp3) is 0.238. The van der Waals surface area contributed by atoms with Crippen molar-refractivity contribution in [3.63, 3.8) is 0 Å². The van der Waals surface area contributed by atoms with Crippen molar-refractivity contribution in [2.75, 3.05) is 18.4 Å². The number of nitro benzene ring substituents is 1. The molecule has 9 heteroatoms. The van der Waals surface area contributed by atoms with Gasteiger partial charge in [0.25, 0.3) is 5.69 Å². The van der Waals surface area contributed by atoms with Crippen LogP contribution < -0.4 is 10.6 Å². The molecule has 2 aromatic carbocycles. The zero-order valence-electron chi connectivity index (χ0n) is 15.5. The smallest absolute Gasteiger partial charge is 0.285 e. The van der Waals surface area contributed by atoms with E-state index >= 15 is 0 Å². The number of fused-ring (bicyclic) bond motifs is 2. The highest BCUT2D eigenvalue weighted by molar-refractivity contribution is 6.31. The van der Waals surface area contributed by atoms with Crippen molar-refractivity contribution in [2.45, 2.75) is 0 Å². The summed E-state index contributed by atoms with van der Waals surface area (Å²) < 4.78 is 14.3. The summed E-state index contributed by atoms with van der Waals surface area (Å²) in [4.78, 5) is 19.5. The molecule has 0 spiro atoms. The fourth-order valence-electron chi connectivity index (χ4n) is 3.96. The molecule has 0 amide bonds. The molecule has 150 valence electrons. The molecule has 0 bridgehead atoms. The maximum absolute atomic E-state index is 14.3. The summed E-state index contributed by atoms with van der Waals surface area (Å²) in [5, 5.41) is 18.2. The minimum absolute atomic E-state index is 0.0399. The molecule has 30 heavy (non-hydrogen) atoms. The molecular weight excluding hydrogens is 409 g/mol. The van der Waals surface area contributed by atoms with Gasteiger partial charge in [-0.05, 0) is 43.1 Å². The Labute approximate surface area is 175 Å². The normalized spacial score (nSPS) is 21.6. The number of aromatic nitrogens is 2. The SMILES string of the molecule is O=[N+]([O-])c1cc2c(Nc3cccc(Cl)c3F)ncnc2cc1C#CC1C2CNC[C@@H]12. The van der Waals surface area contributed by atoms with Crippen LogP contribution in [-0.4, -0.2) is 28.0 Å². The second-order valence-corrected chi connectivity index (χ2v) is 7.78. The van der Waals surface area contributed by atoms with Crippen LogP contribution in [0.1, 0.15) is 5.56 Å². The first kappa shape index (κ1) is 18.7. The molecule has 2 unspecified atom stereocenters. The van der Waals surface area contributed by atoms with E-state index in [4.69, 9.17) is 11.6 Å². The van der Waals surface area contributed by atoms with Gasteiger partial charge in [0.05, 0.1) is 21.2 Å². The second-order valence-electron chi connectivity index (χ2n) is 7.37. The third kappa shape index (κ3) is 3.22. The number of piperidine rings is 1. The number of benzene rings is 2. The lowest BCUT2D eigenvalue weighted by Gasteiger charge is -2.10. The fourth-order valence-corrected chi connectivity index (χ4v) is 4.14. The molecular formula is C21H15ClFN5O2. The third-order valence-corrected chi connectivity index (χ3v) is 5.91. The van der Waals surface area contributed by atoms with Crippen LogP contribution in [0.15, 0.2) is 36.7 Å². The molecule has 0 radical (unpaired) electrons. The van der Waals surface area contributed by atoms with Crippen molar-refractivity contribution in [1.29, 1.82) is 0 Å². The molecule has 1 saturated carbocycles. The molecule has 2 N–H and O–H groups in total. The minimum Gasteiger partial charge on any atom is -0.337 e. The van der Waals surface area contributed by atoms with Crippen molar-refractivity contribution in [3.05, 3.63) is 63.2 Å². The van der Waals surface area contributed by atoms with E-state index in [0.29, 0.717) is 28.3 Å². The van der Waals surface area contributed by atoms with Crippen LogP contribution in [0.2, 0.25) is 5.02 Å². The lowest BCUT2D eigenvalue weighted by molar-refractivity contribution is -0.385. The molecule has 3 atom stereocenters. The molecule has 7 nitrogen and oxygen atoms in total. The van der Waals surface area contributed by atoms with Gasteiger partial charge in [0.15, 0.2) is 5.82 Å². The van der Waals surface area contributed by atoms with Gasteiger partial charge in [0.2, 0.25) is 0 Å². The van der Waals surface area contributed by atoms with Crippen LogP contribution in [0.4, 0.5) is 21.6 Å². The Hall–Kier alpha value is -3.28. The Morgan fingerprint density at radius 3 is 2.83 bits per heavy atom. The first-order chi connectivity index (χ1) is 14.5. The van der Waals surface area contributed by atoms with Crippen molar-refractivity contribution >= 4 is 39.7 Å². The number of nitrogens with zero attached hydrogens (tertiary/aromatic N) is 3. The topological polar surface area (TPSA) is 93.0 Å². The molecule has 1 aromatic heterocycles. The van der Waals surface area contributed by atoms with Gasteiger partial charge < -0.3 is 10.6 Å².